The summed E-state index contributed by atoms with van der Waals surface area (Å²) in [6, 6.07) is 0.465. The van der Waals surface area contributed by atoms with Gasteiger partial charge in [-0.05, 0) is 138 Å². The van der Waals surface area contributed by atoms with Crippen LogP contribution < -0.4 is 10.6 Å². The van der Waals surface area contributed by atoms with Gasteiger partial charge in [0, 0.05) is 49.9 Å². The molecule has 4 aliphatic heterocycles. The van der Waals surface area contributed by atoms with E-state index < -0.39 is 12.2 Å². The number of rotatable bonds is 16. The molecule has 4 heterocycles. The van der Waals surface area contributed by atoms with E-state index in [1.165, 1.54) is 29.4 Å². The molecule has 0 unspecified atom stereocenters. The van der Waals surface area contributed by atoms with Gasteiger partial charge in [0.1, 0.15) is 6.10 Å². The maximum Gasteiger partial charge on any atom is 0.308 e. The molecule has 6 fully saturated rings. The van der Waals surface area contributed by atoms with Gasteiger partial charge in [-0.2, -0.15) is 0 Å². The van der Waals surface area contributed by atoms with Crippen LogP contribution in [0.25, 0.3) is 0 Å². The van der Waals surface area contributed by atoms with Crippen molar-refractivity contribution in [1.29, 1.82) is 0 Å². The molecule has 6 rings (SSSR count). The van der Waals surface area contributed by atoms with E-state index in [-0.39, 0.29) is 70.4 Å². The zero-order valence-corrected chi connectivity index (χ0v) is 41.5. The molecule has 0 aromatic heterocycles. The Hall–Kier alpha value is -3.35. The number of ether oxygens (including phenoxy) is 5. The molecule has 0 bridgehead atoms. The van der Waals surface area contributed by atoms with Gasteiger partial charge in [-0.3, -0.25) is 14.4 Å². The third-order valence-corrected chi connectivity index (χ3v) is 13.6. The van der Waals surface area contributed by atoms with Gasteiger partial charge in [0.15, 0.2) is 0 Å². The van der Waals surface area contributed by atoms with Gasteiger partial charge < -0.3 is 39.4 Å². The topological polar surface area (TPSA) is 148 Å². The molecular weight excluding hydrogens is 821 g/mol. The quantitative estimate of drug-likeness (QED) is 0.0596. The van der Waals surface area contributed by atoms with Gasteiger partial charge in [-0.15, -0.1) is 0 Å². The van der Waals surface area contributed by atoms with Crippen molar-refractivity contribution in [3.8, 4) is 0 Å². The largest absolute Gasteiger partial charge is 0.458 e. The lowest BCUT2D eigenvalue weighted by Crippen LogP contribution is -2.43. The molecule has 6 aliphatic rings. The predicted molar refractivity (Wildman–Crippen MR) is 257 cm³/mol. The van der Waals surface area contributed by atoms with Crippen molar-refractivity contribution in [3.05, 3.63) is 71.9 Å². The Morgan fingerprint density at radius 1 is 0.646 bits per heavy atom. The van der Waals surface area contributed by atoms with Gasteiger partial charge in [0.05, 0.1) is 59.8 Å². The van der Waals surface area contributed by atoms with Gasteiger partial charge in [-0.25, -0.2) is 0 Å². The molecule has 0 aromatic carbocycles. The van der Waals surface area contributed by atoms with Crippen molar-refractivity contribution in [2.75, 3.05) is 13.2 Å². The number of esters is 1. The van der Waals surface area contributed by atoms with Crippen molar-refractivity contribution in [3.63, 3.8) is 0 Å². The number of nitrogens with one attached hydrogen (secondary N) is 2. The molecule has 0 aromatic rings. The third kappa shape index (κ3) is 19.0. The molecular formula is C54H84N2O9. The molecule has 2 spiro atoms. The highest BCUT2D eigenvalue weighted by molar-refractivity contribution is 5.88. The van der Waals surface area contributed by atoms with Crippen molar-refractivity contribution >= 4 is 17.8 Å². The molecule has 11 heteroatoms. The summed E-state index contributed by atoms with van der Waals surface area (Å²) in [7, 11) is 0. The number of amides is 2. The van der Waals surface area contributed by atoms with Crippen LogP contribution in [0.4, 0.5) is 0 Å². The zero-order chi connectivity index (χ0) is 47.4. The first-order valence-electron chi connectivity index (χ1n) is 24.8. The molecule has 2 saturated carbocycles. The maximum atomic E-state index is 12.2. The fourth-order valence-electron chi connectivity index (χ4n) is 10.0. The van der Waals surface area contributed by atoms with Crippen LogP contribution in [0.3, 0.4) is 0 Å². The summed E-state index contributed by atoms with van der Waals surface area (Å²) in [4.78, 5) is 35.7. The molecule has 65 heavy (non-hydrogen) atoms. The molecule has 6 atom stereocenters. The van der Waals surface area contributed by atoms with E-state index in [1.54, 1.807) is 33.8 Å². The van der Waals surface area contributed by atoms with E-state index in [0.29, 0.717) is 11.8 Å². The van der Waals surface area contributed by atoms with Crippen LogP contribution in [0.1, 0.15) is 159 Å². The van der Waals surface area contributed by atoms with Crippen LogP contribution >= 0.6 is 0 Å². The van der Waals surface area contributed by atoms with E-state index in [4.69, 9.17) is 23.7 Å². The van der Waals surface area contributed by atoms with Crippen LogP contribution in [-0.4, -0.2) is 95.0 Å². The summed E-state index contributed by atoms with van der Waals surface area (Å²) in [5.74, 6) is 0.689. The first-order chi connectivity index (χ1) is 30.6. The minimum atomic E-state index is -0.588. The highest BCUT2D eigenvalue weighted by atomic mass is 16.6. The second-order valence-electron chi connectivity index (χ2n) is 21.8. The Kier molecular flexibility index (Phi) is 19.1. The van der Waals surface area contributed by atoms with Crippen LogP contribution in [0.5, 0.6) is 0 Å². The lowest BCUT2D eigenvalue weighted by molar-refractivity contribution is -0.150. The smallest absolute Gasteiger partial charge is 0.308 e. The lowest BCUT2D eigenvalue weighted by atomic mass is 9.83. The van der Waals surface area contributed by atoms with Crippen LogP contribution in [0.2, 0.25) is 0 Å². The zero-order valence-electron chi connectivity index (χ0n) is 41.5. The van der Waals surface area contributed by atoms with Crippen molar-refractivity contribution in [2.45, 2.75) is 218 Å². The van der Waals surface area contributed by atoms with Crippen molar-refractivity contribution in [2.24, 2.45) is 17.8 Å². The number of carbonyl (C=O) groups excluding carboxylic acids is 3. The SMILES string of the molecule is CC(/C=C/[C@@H]1C[C@]2(CO2)CC(C)(C)O1)=C\CC1CCC(NC(=O)/C=C\[C@H](C)O)CC1.CC(/C=C/[C@@H]1C[C@]2(CO2)CC(C)(C)O1)=C\CC1CCC(NC(=O)/C=C\[C@H](C)OC(=O)C(C)C)CC1. The molecule has 2 amide bonds. The molecule has 2 aliphatic carbocycles. The number of allylic oxidation sites excluding steroid dienone is 6. The van der Waals surface area contributed by atoms with Crippen LogP contribution in [0, 0.1) is 17.8 Å². The summed E-state index contributed by atoms with van der Waals surface area (Å²) >= 11 is 0. The van der Waals surface area contributed by atoms with E-state index in [2.05, 4.69) is 88.6 Å². The number of aliphatic hydroxyl groups excluding tert-OH is 1. The number of hydrogen-bond acceptors (Lipinski definition) is 9. The average molecular weight is 905 g/mol. The monoisotopic (exact) mass is 905 g/mol. The predicted octanol–water partition coefficient (Wildman–Crippen LogP) is 9.64. The summed E-state index contributed by atoms with van der Waals surface area (Å²) in [5.41, 5.74) is 2.42. The lowest BCUT2D eigenvalue weighted by Gasteiger charge is -2.38. The third-order valence-electron chi connectivity index (χ3n) is 13.6. The summed E-state index contributed by atoms with van der Waals surface area (Å²) in [6.07, 6.45) is 33.3. The number of carbonyl (C=O) groups is 3. The van der Waals surface area contributed by atoms with Gasteiger partial charge in [0.2, 0.25) is 11.8 Å². The average Bonchev–Trinajstić information content (AvgIpc) is 4.16. The minimum Gasteiger partial charge on any atom is -0.458 e. The van der Waals surface area contributed by atoms with Crippen LogP contribution in [-0.2, 0) is 38.1 Å². The fraction of sp³-hybridized carbons (Fsp3) is 0.722. The Morgan fingerprint density at radius 2 is 1.05 bits per heavy atom. The summed E-state index contributed by atoms with van der Waals surface area (Å²) < 4.78 is 29.2. The maximum absolute atomic E-state index is 12.2. The first-order valence-corrected chi connectivity index (χ1v) is 24.8. The molecule has 364 valence electrons. The number of aliphatic hydroxyl groups is 1. The normalized spacial score (nSPS) is 33.3. The molecule has 11 nitrogen and oxygen atoms in total. The molecule has 0 radical (unpaired) electrons. The van der Waals surface area contributed by atoms with E-state index in [0.717, 1.165) is 103 Å². The fourth-order valence-corrected chi connectivity index (χ4v) is 10.0. The molecule has 3 N–H and O–H groups in total. The highest BCUT2D eigenvalue weighted by Crippen LogP contribution is 2.47. The van der Waals surface area contributed by atoms with Crippen LogP contribution in [0.15, 0.2) is 71.9 Å². The summed E-state index contributed by atoms with van der Waals surface area (Å²) in [6.45, 7) is 21.7. The Balaban J connectivity index is 0.000000247. The highest BCUT2D eigenvalue weighted by Gasteiger charge is 2.54. The van der Waals surface area contributed by atoms with E-state index in [1.807, 2.05) is 0 Å². The van der Waals surface area contributed by atoms with E-state index >= 15 is 0 Å². The van der Waals surface area contributed by atoms with Crippen molar-refractivity contribution < 1.29 is 43.2 Å². The minimum absolute atomic E-state index is 0.0526. The van der Waals surface area contributed by atoms with Gasteiger partial charge in [-0.1, -0.05) is 67.5 Å². The number of hydrogen-bond donors (Lipinski definition) is 3. The van der Waals surface area contributed by atoms with E-state index in [9.17, 15) is 19.5 Å². The van der Waals surface area contributed by atoms with Gasteiger partial charge in [0.25, 0.3) is 0 Å². The number of epoxide rings is 2. The summed E-state index contributed by atoms with van der Waals surface area (Å²) in [5, 5.41) is 15.4. The Labute approximate surface area is 391 Å². The molecule has 4 saturated heterocycles. The standard InChI is InChI=1S/C29H45NO5.C25H39NO4/c1-20(2)27(32)34-22(4)9-16-26(31)30-24-13-11-23(12-14-24)10-7-21(3)8-15-25-17-29(19-33-29)18-28(5,6)35-25;1-18(6-13-22-15-25(17-29-25)16-24(3,4)30-22)5-8-20-9-11-21(12-10-20)26-23(28)14-7-19(2)27/h7-9,15-16,20,22-25H,10-14,17-19H2,1-6H3,(H,30,31);5-7,13-14,19-22,27H,8-12,15-17H2,1-4H3,(H,26,28)/b15-8+,16-9-,21-7+;13-6+,14-7-,18-5+/t22-,23?,24?,25+,29+;19-,20?,21?,22+,25+/m00/s1. The Morgan fingerprint density at radius 3 is 1.42 bits per heavy atom. The Bertz CT molecular complexity index is 1750. The second kappa shape index (κ2) is 23.6. The van der Waals surface area contributed by atoms with Crippen molar-refractivity contribution in [1.82, 2.24) is 10.6 Å². The van der Waals surface area contributed by atoms with Gasteiger partial charge >= 0.3 is 5.97 Å². The second-order valence-corrected chi connectivity index (χ2v) is 21.8. The first kappa shape index (κ1) is 52.6.